The molecule has 0 rings (SSSR count). The summed E-state index contributed by atoms with van der Waals surface area (Å²) in [5.41, 5.74) is -0.0605. The third-order valence-electron chi connectivity index (χ3n) is 3.03. The first-order chi connectivity index (χ1) is 8.68. The van der Waals surface area contributed by atoms with Crippen LogP contribution in [0.5, 0.6) is 0 Å². The molecule has 0 saturated heterocycles. The van der Waals surface area contributed by atoms with Crippen molar-refractivity contribution >= 4 is 16.0 Å². The average Bonchev–Trinajstić information content (AvgIpc) is 2.26. The average molecular weight is 293 g/mol. The maximum absolute atomic E-state index is 11.7. The van der Waals surface area contributed by atoms with Crippen molar-refractivity contribution < 1.29 is 18.3 Å². The number of carboxylic acids is 1. The molecule has 0 aromatic heterocycles. The van der Waals surface area contributed by atoms with Crippen LogP contribution in [0.25, 0.3) is 0 Å². The second kappa shape index (κ2) is 8.53. The summed E-state index contributed by atoms with van der Waals surface area (Å²) in [6, 6.07) is 0. The lowest BCUT2D eigenvalue weighted by Crippen LogP contribution is -2.35. The molecule has 19 heavy (non-hydrogen) atoms. The zero-order valence-corrected chi connectivity index (χ0v) is 13.1. The fraction of sp³-hybridized carbons (Fsp3) is 0.923. The predicted octanol–water partition coefficient (Wildman–Crippen LogP) is 2.38. The zero-order chi connectivity index (χ0) is 14.9. The van der Waals surface area contributed by atoms with Crippen molar-refractivity contribution in [2.45, 2.75) is 59.3 Å². The Hall–Kier alpha value is -0.620. The van der Waals surface area contributed by atoms with Gasteiger partial charge in [0.2, 0.25) is 10.0 Å². The standard InChI is InChI=1S/C13H27NO4S/c1-4-5-6-9-13(2,3)11-14-19(17,18)10-7-8-12(15)16/h14H,4-11H2,1-3H3,(H,15,16). The summed E-state index contributed by atoms with van der Waals surface area (Å²) in [7, 11) is -3.35. The fourth-order valence-corrected chi connectivity index (χ4v) is 3.01. The smallest absolute Gasteiger partial charge is 0.303 e. The molecule has 2 N–H and O–H groups in total. The van der Waals surface area contributed by atoms with Crippen LogP contribution < -0.4 is 4.72 Å². The number of sulfonamides is 1. The van der Waals surface area contributed by atoms with Crippen molar-refractivity contribution in [3.63, 3.8) is 0 Å². The fourth-order valence-electron chi connectivity index (χ4n) is 1.73. The SMILES string of the molecule is CCCCCC(C)(C)CNS(=O)(=O)CCCC(=O)O. The van der Waals surface area contributed by atoms with Gasteiger partial charge in [-0.2, -0.15) is 0 Å². The van der Waals surface area contributed by atoms with E-state index in [2.05, 4.69) is 11.6 Å². The van der Waals surface area contributed by atoms with E-state index in [0.717, 1.165) is 25.7 Å². The van der Waals surface area contributed by atoms with Gasteiger partial charge in [-0.15, -0.1) is 0 Å². The highest BCUT2D eigenvalue weighted by Crippen LogP contribution is 2.22. The van der Waals surface area contributed by atoms with E-state index in [4.69, 9.17) is 5.11 Å². The largest absolute Gasteiger partial charge is 0.481 e. The van der Waals surface area contributed by atoms with Gasteiger partial charge in [0, 0.05) is 13.0 Å². The molecule has 0 heterocycles. The van der Waals surface area contributed by atoms with Crippen molar-refractivity contribution in [3.05, 3.63) is 0 Å². The second-order valence-corrected chi connectivity index (χ2v) is 7.69. The molecule has 6 heteroatoms. The summed E-state index contributed by atoms with van der Waals surface area (Å²) in [4.78, 5) is 10.3. The number of hydrogen-bond acceptors (Lipinski definition) is 3. The molecular formula is C13H27NO4S. The van der Waals surface area contributed by atoms with Crippen molar-refractivity contribution in [3.8, 4) is 0 Å². The van der Waals surface area contributed by atoms with Gasteiger partial charge in [0.25, 0.3) is 0 Å². The number of unbranched alkanes of at least 4 members (excludes halogenated alkanes) is 2. The van der Waals surface area contributed by atoms with Crippen LogP contribution in [0.1, 0.15) is 59.3 Å². The summed E-state index contributed by atoms with van der Waals surface area (Å²) >= 11 is 0. The van der Waals surface area contributed by atoms with Crippen LogP contribution in [0.4, 0.5) is 0 Å². The monoisotopic (exact) mass is 293 g/mol. The third-order valence-corrected chi connectivity index (χ3v) is 4.44. The first-order valence-corrected chi connectivity index (χ1v) is 8.53. The van der Waals surface area contributed by atoms with Crippen molar-refractivity contribution in [2.24, 2.45) is 5.41 Å². The maximum Gasteiger partial charge on any atom is 0.303 e. The Balaban J connectivity index is 4.03. The molecule has 0 bridgehead atoms. The highest BCUT2D eigenvalue weighted by atomic mass is 32.2. The van der Waals surface area contributed by atoms with Crippen LogP contribution in [0.2, 0.25) is 0 Å². The van der Waals surface area contributed by atoms with Crippen LogP contribution in [-0.2, 0) is 14.8 Å². The van der Waals surface area contributed by atoms with Gasteiger partial charge in [0.05, 0.1) is 5.75 Å². The number of carboxylic acid groups (broad SMARTS) is 1. The molecule has 5 nitrogen and oxygen atoms in total. The van der Waals surface area contributed by atoms with Crippen LogP contribution in [0.15, 0.2) is 0 Å². The summed E-state index contributed by atoms with van der Waals surface area (Å²) in [6.45, 7) is 6.63. The van der Waals surface area contributed by atoms with Crippen LogP contribution in [-0.4, -0.2) is 31.8 Å². The van der Waals surface area contributed by atoms with Gasteiger partial charge in [-0.1, -0.05) is 40.0 Å². The summed E-state index contributed by atoms with van der Waals surface area (Å²) < 4.78 is 25.9. The molecule has 0 aliphatic heterocycles. The Morgan fingerprint density at radius 3 is 2.37 bits per heavy atom. The number of hydrogen-bond donors (Lipinski definition) is 2. The van der Waals surface area contributed by atoms with Crippen LogP contribution in [0.3, 0.4) is 0 Å². The van der Waals surface area contributed by atoms with Crippen LogP contribution in [0, 0.1) is 5.41 Å². The minimum Gasteiger partial charge on any atom is -0.481 e. The lowest BCUT2D eigenvalue weighted by atomic mass is 9.87. The molecule has 0 radical (unpaired) electrons. The lowest BCUT2D eigenvalue weighted by Gasteiger charge is -2.24. The molecular weight excluding hydrogens is 266 g/mol. The number of rotatable bonds is 11. The maximum atomic E-state index is 11.7. The number of nitrogens with one attached hydrogen (secondary N) is 1. The molecule has 0 aromatic rings. The Kier molecular flexibility index (Phi) is 8.25. The van der Waals surface area contributed by atoms with Gasteiger partial charge in [-0.05, 0) is 18.3 Å². The summed E-state index contributed by atoms with van der Waals surface area (Å²) in [5, 5.41) is 8.47. The predicted molar refractivity (Wildman–Crippen MR) is 76.6 cm³/mol. The van der Waals surface area contributed by atoms with Gasteiger partial charge in [0.1, 0.15) is 0 Å². The lowest BCUT2D eigenvalue weighted by molar-refractivity contribution is -0.137. The Labute approximate surface area is 116 Å². The van der Waals surface area contributed by atoms with E-state index in [1.54, 1.807) is 0 Å². The molecule has 0 aliphatic carbocycles. The highest BCUT2D eigenvalue weighted by molar-refractivity contribution is 7.89. The van der Waals surface area contributed by atoms with E-state index < -0.39 is 16.0 Å². The molecule has 0 aliphatic rings. The highest BCUT2D eigenvalue weighted by Gasteiger charge is 2.20. The van der Waals surface area contributed by atoms with Crippen molar-refractivity contribution in [2.75, 3.05) is 12.3 Å². The molecule has 0 saturated carbocycles. The molecule has 114 valence electrons. The van der Waals surface area contributed by atoms with Gasteiger partial charge >= 0.3 is 5.97 Å². The van der Waals surface area contributed by atoms with E-state index in [-0.39, 0.29) is 24.0 Å². The topological polar surface area (TPSA) is 83.5 Å². The molecule has 0 aromatic carbocycles. The summed E-state index contributed by atoms with van der Waals surface area (Å²) in [5.74, 6) is -1.08. The minimum atomic E-state index is -3.35. The van der Waals surface area contributed by atoms with Crippen molar-refractivity contribution in [1.82, 2.24) is 4.72 Å². The third kappa shape index (κ3) is 10.9. The quantitative estimate of drug-likeness (QED) is 0.573. The zero-order valence-electron chi connectivity index (χ0n) is 12.2. The van der Waals surface area contributed by atoms with Gasteiger partial charge < -0.3 is 5.11 Å². The van der Waals surface area contributed by atoms with Crippen LogP contribution >= 0.6 is 0 Å². The van der Waals surface area contributed by atoms with Gasteiger partial charge in [0.15, 0.2) is 0 Å². The van der Waals surface area contributed by atoms with Crippen molar-refractivity contribution in [1.29, 1.82) is 0 Å². The first-order valence-electron chi connectivity index (χ1n) is 6.88. The number of carbonyl (C=O) groups is 1. The molecule has 0 fully saturated rings. The van der Waals surface area contributed by atoms with Gasteiger partial charge in [-0.25, -0.2) is 13.1 Å². The second-order valence-electron chi connectivity index (χ2n) is 5.76. The summed E-state index contributed by atoms with van der Waals surface area (Å²) in [6.07, 6.45) is 4.44. The first kappa shape index (κ1) is 18.4. The molecule has 0 unspecified atom stereocenters. The molecule has 0 atom stereocenters. The molecule has 0 spiro atoms. The van der Waals surface area contributed by atoms with E-state index >= 15 is 0 Å². The molecule has 0 amide bonds. The minimum absolute atomic E-state index is 0.0605. The Bertz CT molecular complexity index is 363. The normalized spacial score (nSPS) is 12.6. The Morgan fingerprint density at radius 1 is 1.21 bits per heavy atom. The van der Waals surface area contributed by atoms with E-state index in [1.807, 2.05) is 13.8 Å². The number of aliphatic carboxylic acids is 1. The Morgan fingerprint density at radius 2 is 1.84 bits per heavy atom. The van der Waals surface area contributed by atoms with E-state index in [9.17, 15) is 13.2 Å². The van der Waals surface area contributed by atoms with E-state index in [1.165, 1.54) is 0 Å². The van der Waals surface area contributed by atoms with Gasteiger partial charge in [-0.3, -0.25) is 4.79 Å². The van der Waals surface area contributed by atoms with E-state index in [0.29, 0.717) is 6.54 Å².